The normalized spacial score (nSPS) is 14.0. The third kappa shape index (κ3) is 4.88. The molecule has 0 saturated heterocycles. The molecule has 18 heavy (non-hydrogen) atoms. The molecule has 0 saturated carbocycles. The fourth-order valence-electron chi connectivity index (χ4n) is 1.37. The molecular formula is C13H18ClNO2S. The molecule has 1 aromatic carbocycles. The molecule has 2 N–H and O–H groups in total. The highest BCUT2D eigenvalue weighted by Crippen LogP contribution is 2.24. The van der Waals surface area contributed by atoms with Gasteiger partial charge in [-0.2, -0.15) is 0 Å². The van der Waals surface area contributed by atoms with Gasteiger partial charge in [0.15, 0.2) is 0 Å². The van der Waals surface area contributed by atoms with Gasteiger partial charge in [-0.15, -0.1) is 11.8 Å². The molecule has 1 aromatic rings. The Kier molecular flexibility index (Phi) is 6.54. The molecule has 0 aliphatic heterocycles. The van der Waals surface area contributed by atoms with Gasteiger partial charge in [-0.3, -0.25) is 4.79 Å². The number of hydrogen-bond acceptors (Lipinski definition) is 3. The standard InChI is InChI=1S/C13H18ClNO2S/c1-3-11(8-16)15-13(17)9(2)18-12-6-4-10(14)5-7-12/h4-7,9,11,16H,3,8H2,1-2H3,(H,15,17). The quantitative estimate of drug-likeness (QED) is 0.791. The minimum Gasteiger partial charge on any atom is -0.394 e. The molecule has 2 atom stereocenters. The van der Waals surface area contributed by atoms with Crippen LogP contribution in [0.25, 0.3) is 0 Å². The first-order valence-electron chi connectivity index (χ1n) is 5.90. The van der Waals surface area contributed by atoms with Crippen LogP contribution in [0.1, 0.15) is 20.3 Å². The average Bonchev–Trinajstić information content (AvgIpc) is 2.38. The molecule has 0 spiro atoms. The Morgan fingerprint density at radius 3 is 2.56 bits per heavy atom. The summed E-state index contributed by atoms with van der Waals surface area (Å²) in [6, 6.07) is 7.22. The predicted octanol–water partition coefficient (Wildman–Crippen LogP) is 2.71. The van der Waals surface area contributed by atoms with Crippen molar-refractivity contribution in [1.82, 2.24) is 5.32 Å². The first-order chi connectivity index (χ1) is 8.56. The second-order valence-electron chi connectivity index (χ2n) is 4.01. The fraction of sp³-hybridized carbons (Fsp3) is 0.462. The second kappa shape index (κ2) is 7.67. The number of carbonyl (C=O) groups is 1. The van der Waals surface area contributed by atoms with Crippen molar-refractivity contribution in [2.75, 3.05) is 6.61 Å². The predicted molar refractivity (Wildman–Crippen MR) is 76.1 cm³/mol. The lowest BCUT2D eigenvalue weighted by atomic mass is 10.2. The van der Waals surface area contributed by atoms with Crippen molar-refractivity contribution in [2.24, 2.45) is 0 Å². The molecule has 5 heteroatoms. The van der Waals surface area contributed by atoms with Crippen LogP contribution in [0.5, 0.6) is 0 Å². The van der Waals surface area contributed by atoms with Crippen molar-refractivity contribution in [2.45, 2.75) is 36.5 Å². The van der Waals surface area contributed by atoms with Crippen molar-refractivity contribution in [3.8, 4) is 0 Å². The van der Waals surface area contributed by atoms with E-state index in [9.17, 15) is 4.79 Å². The SMILES string of the molecule is CCC(CO)NC(=O)C(C)Sc1ccc(Cl)cc1. The van der Waals surface area contributed by atoms with Crippen molar-refractivity contribution < 1.29 is 9.90 Å². The zero-order chi connectivity index (χ0) is 13.5. The lowest BCUT2D eigenvalue weighted by molar-refractivity contribution is -0.121. The molecule has 0 aromatic heterocycles. The molecule has 0 aliphatic rings. The van der Waals surface area contributed by atoms with E-state index in [4.69, 9.17) is 16.7 Å². The van der Waals surface area contributed by atoms with Gasteiger partial charge in [0.05, 0.1) is 17.9 Å². The van der Waals surface area contributed by atoms with Crippen LogP contribution in [0.15, 0.2) is 29.2 Å². The summed E-state index contributed by atoms with van der Waals surface area (Å²) in [6.07, 6.45) is 0.723. The Morgan fingerprint density at radius 2 is 2.06 bits per heavy atom. The first-order valence-corrected chi connectivity index (χ1v) is 7.16. The Morgan fingerprint density at radius 1 is 1.44 bits per heavy atom. The number of aliphatic hydroxyl groups excluding tert-OH is 1. The Balaban J connectivity index is 2.51. The third-order valence-electron chi connectivity index (χ3n) is 2.56. The summed E-state index contributed by atoms with van der Waals surface area (Å²) in [7, 11) is 0. The van der Waals surface area contributed by atoms with Crippen LogP contribution in [0.3, 0.4) is 0 Å². The minimum absolute atomic E-state index is 0.0272. The number of benzene rings is 1. The summed E-state index contributed by atoms with van der Waals surface area (Å²) in [5.41, 5.74) is 0. The molecular weight excluding hydrogens is 270 g/mol. The summed E-state index contributed by atoms with van der Waals surface area (Å²) in [5, 5.41) is 12.3. The van der Waals surface area contributed by atoms with Crippen molar-refractivity contribution in [3.63, 3.8) is 0 Å². The van der Waals surface area contributed by atoms with E-state index in [1.165, 1.54) is 11.8 Å². The lowest BCUT2D eigenvalue weighted by Gasteiger charge is -2.17. The first kappa shape index (κ1) is 15.3. The van der Waals surface area contributed by atoms with Gasteiger partial charge in [0, 0.05) is 9.92 Å². The van der Waals surface area contributed by atoms with Crippen molar-refractivity contribution in [1.29, 1.82) is 0 Å². The number of hydrogen-bond donors (Lipinski definition) is 2. The number of rotatable bonds is 6. The molecule has 3 nitrogen and oxygen atoms in total. The van der Waals surface area contributed by atoms with Crippen LogP contribution in [0.2, 0.25) is 5.02 Å². The Labute approximate surface area is 117 Å². The monoisotopic (exact) mass is 287 g/mol. The Bertz CT molecular complexity index is 379. The highest BCUT2D eigenvalue weighted by molar-refractivity contribution is 8.00. The minimum atomic E-state index is -0.202. The molecule has 0 bridgehead atoms. The summed E-state index contributed by atoms with van der Waals surface area (Å²) < 4.78 is 0. The van der Waals surface area contributed by atoms with Crippen LogP contribution >= 0.6 is 23.4 Å². The number of halogens is 1. The van der Waals surface area contributed by atoms with Gasteiger partial charge in [-0.1, -0.05) is 18.5 Å². The molecule has 0 heterocycles. The number of amides is 1. The van der Waals surface area contributed by atoms with E-state index >= 15 is 0 Å². The van der Waals surface area contributed by atoms with Gasteiger partial charge in [-0.25, -0.2) is 0 Å². The summed E-state index contributed by atoms with van der Waals surface area (Å²) in [5.74, 6) is -0.0594. The van der Waals surface area contributed by atoms with E-state index in [1.54, 1.807) is 12.1 Å². The van der Waals surface area contributed by atoms with E-state index in [-0.39, 0.29) is 23.8 Å². The highest BCUT2D eigenvalue weighted by Gasteiger charge is 2.17. The number of nitrogens with one attached hydrogen (secondary N) is 1. The third-order valence-corrected chi connectivity index (χ3v) is 3.92. The van der Waals surface area contributed by atoms with Crippen LogP contribution in [-0.4, -0.2) is 28.9 Å². The molecule has 2 unspecified atom stereocenters. The Hall–Kier alpha value is -0.710. The highest BCUT2D eigenvalue weighted by atomic mass is 35.5. The van der Waals surface area contributed by atoms with Crippen molar-refractivity contribution in [3.05, 3.63) is 29.3 Å². The maximum absolute atomic E-state index is 11.9. The van der Waals surface area contributed by atoms with Crippen LogP contribution in [0, 0.1) is 0 Å². The molecule has 100 valence electrons. The number of carbonyl (C=O) groups excluding carboxylic acids is 1. The average molecular weight is 288 g/mol. The zero-order valence-corrected chi connectivity index (χ0v) is 12.1. The number of aliphatic hydroxyl groups is 1. The van der Waals surface area contributed by atoms with E-state index < -0.39 is 0 Å². The summed E-state index contributed by atoms with van der Waals surface area (Å²) in [6.45, 7) is 3.75. The van der Waals surface area contributed by atoms with E-state index in [1.807, 2.05) is 26.0 Å². The number of thioether (sulfide) groups is 1. The van der Waals surface area contributed by atoms with Gasteiger partial charge >= 0.3 is 0 Å². The second-order valence-corrected chi connectivity index (χ2v) is 5.86. The lowest BCUT2D eigenvalue weighted by Crippen LogP contribution is -2.40. The van der Waals surface area contributed by atoms with Gasteiger partial charge in [0.1, 0.15) is 0 Å². The largest absolute Gasteiger partial charge is 0.394 e. The van der Waals surface area contributed by atoms with Crippen LogP contribution in [0.4, 0.5) is 0 Å². The van der Waals surface area contributed by atoms with Gasteiger partial charge in [0.25, 0.3) is 0 Å². The van der Waals surface area contributed by atoms with Crippen LogP contribution < -0.4 is 5.32 Å². The van der Waals surface area contributed by atoms with Gasteiger partial charge < -0.3 is 10.4 Å². The molecule has 1 rings (SSSR count). The molecule has 1 amide bonds. The summed E-state index contributed by atoms with van der Waals surface area (Å²) >= 11 is 7.27. The van der Waals surface area contributed by atoms with E-state index in [0.717, 1.165) is 11.3 Å². The zero-order valence-electron chi connectivity index (χ0n) is 10.5. The topological polar surface area (TPSA) is 49.3 Å². The van der Waals surface area contributed by atoms with Crippen LogP contribution in [-0.2, 0) is 4.79 Å². The van der Waals surface area contributed by atoms with Crippen molar-refractivity contribution >= 4 is 29.3 Å². The maximum atomic E-state index is 11.9. The van der Waals surface area contributed by atoms with E-state index in [2.05, 4.69) is 5.32 Å². The van der Waals surface area contributed by atoms with Gasteiger partial charge in [0.2, 0.25) is 5.91 Å². The molecule has 0 fully saturated rings. The van der Waals surface area contributed by atoms with Gasteiger partial charge in [-0.05, 0) is 37.6 Å². The molecule has 0 radical (unpaired) electrons. The molecule has 0 aliphatic carbocycles. The summed E-state index contributed by atoms with van der Waals surface area (Å²) in [4.78, 5) is 12.9. The fourth-order valence-corrected chi connectivity index (χ4v) is 2.37. The maximum Gasteiger partial charge on any atom is 0.233 e. The smallest absolute Gasteiger partial charge is 0.233 e. The van der Waals surface area contributed by atoms with E-state index in [0.29, 0.717) is 5.02 Å².